The monoisotopic (exact) mass is 308 g/mol. The largest absolute Gasteiger partial charge is 0.345 e. The summed E-state index contributed by atoms with van der Waals surface area (Å²) in [4.78, 5) is 0. The number of benzene rings is 1. The molecule has 0 aliphatic heterocycles. The lowest BCUT2D eigenvalue weighted by Gasteiger charge is -2.08. The number of nitrogens with one attached hydrogen (secondary N) is 1. The molecule has 0 unspecified atom stereocenters. The summed E-state index contributed by atoms with van der Waals surface area (Å²) in [6.45, 7) is 9.71. The van der Waals surface area contributed by atoms with Gasteiger partial charge >= 0.3 is 0 Å². The van der Waals surface area contributed by atoms with Crippen LogP contribution in [0, 0.1) is 0 Å². The first kappa shape index (κ1) is 13.6. The molecule has 0 aliphatic carbocycles. The number of rotatable bonds is 4. The number of hydrogen-bond donors (Lipinski definition) is 1. The van der Waals surface area contributed by atoms with Crippen LogP contribution in [0.5, 0.6) is 0 Å². The van der Waals surface area contributed by atoms with E-state index in [0.29, 0.717) is 12.1 Å². The van der Waals surface area contributed by atoms with Crippen LogP contribution in [0.2, 0.25) is 0 Å². The Hall–Kier alpha value is -0.800. The van der Waals surface area contributed by atoms with Gasteiger partial charge in [0, 0.05) is 40.2 Å². The molecule has 1 aromatic carbocycles. The quantitative estimate of drug-likeness (QED) is 0.881. The van der Waals surface area contributed by atoms with Gasteiger partial charge in [0.25, 0.3) is 0 Å². The van der Waals surface area contributed by atoms with E-state index in [-0.39, 0.29) is 0 Å². The third-order valence-corrected chi connectivity index (χ3v) is 3.80. The summed E-state index contributed by atoms with van der Waals surface area (Å²) in [5.41, 5.74) is 2.67. The van der Waals surface area contributed by atoms with Crippen molar-refractivity contribution in [1.29, 1.82) is 0 Å². The predicted molar refractivity (Wildman–Crippen MR) is 82.0 cm³/mol. The predicted octanol–water partition coefficient (Wildman–Crippen LogP) is 4.48. The van der Waals surface area contributed by atoms with E-state index in [4.69, 9.17) is 0 Å². The summed E-state index contributed by atoms with van der Waals surface area (Å²) < 4.78 is 3.53. The molecule has 3 heteroatoms. The molecule has 1 heterocycles. The van der Waals surface area contributed by atoms with Crippen molar-refractivity contribution >= 4 is 26.8 Å². The Balaban J connectivity index is 2.52. The molecule has 0 spiro atoms. The maximum Gasteiger partial charge on any atom is 0.0497 e. The van der Waals surface area contributed by atoms with Crippen LogP contribution >= 0.6 is 15.9 Å². The van der Waals surface area contributed by atoms with E-state index in [1.54, 1.807) is 0 Å². The molecule has 0 aliphatic rings. The van der Waals surface area contributed by atoms with Crippen molar-refractivity contribution in [2.75, 3.05) is 0 Å². The Kier molecular flexibility index (Phi) is 4.13. The topological polar surface area (TPSA) is 17.0 Å². The van der Waals surface area contributed by atoms with E-state index >= 15 is 0 Å². The minimum absolute atomic E-state index is 0.481. The molecular formula is C15H21BrN2. The van der Waals surface area contributed by atoms with Crippen molar-refractivity contribution in [2.24, 2.45) is 0 Å². The van der Waals surface area contributed by atoms with Crippen LogP contribution < -0.4 is 5.32 Å². The van der Waals surface area contributed by atoms with E-state index < -0.39 is 0 Å². The Bertz CT molecular complexity index is 541. The van der Waals surface area contributed by atoms with Gasteiger partial charge in [-0.3, -0.25) is 0 Å². The zero-order valence-electron chi connectivity index (χ0n) is 11.5. The molecule has 0 bridgehead atoms. The van der Waals surface area contributed by atoms with Crippen molar-refractivity contribution in [1.82, 2.24) is 9.88 Å². The molecule has 0 fully saturated rings. The van der Waals surface area contributed by atoms with Crippen LogP contribution in [-0.2, 0) is 6.54 Å². The molecule has 0 saturated carbocycles. The average Bonchev–Trinajstić information content (AvgIpc) is 2.67. The highest BCUT2D eigenvalue weighted by molar-refractivity contribution is 9.10. The summed E-state index contributed by atoms with van der Waals surface area (Å²) in [5.74, 6) is 0. The number of hydrogen-bond acceptors (Lipinski definition) is 1. The minimum Gasteiger partial charge on any atom is -0.345 e. The fraction of sp³-hybridized carbons (Fsp3) is 0.467. The summed E-state index contributed by atoms with van der Waals surface area (Å²) in [6.07, 6.45) is 2.27. The minimum atomic E-state index is 0.481. The van der Waals surface area contributed by atoms with Gasteiger partial charge in [0.05, 0.1) is 0 Å². The van der Waals surface area contributed by atoms with Crippen molar-refractivity contribution in [2.45, 2.75) is 46.3 Å². The van der Waals surface area contributed by atoms with E-state index in [0.717, 1.165) is 6.54 Å². The van der Waals surface area contributed by atoms with Crippen LogP contribution in [0.3, 0.4) is 0 Å². The summed E-state index contributed by atoms with van der Waals surface area (Å²) in [5, 5.41) is 4.83. The van der Waals surface area contributed by atoms with E-state index in [9.17, 15) is 0 Å². The van der Waals surface area contributed by atoms with E-state index in [2.05, 4.69) is 77.9 Å². The van der Waals surface area contributed by atoms with E-state index in [1.807, 2.05) is 0 Å². The van der Waals surface area contributed by atoms with Gasteiger partial charge in [-0.15, -0.1) is 0 Å². The van der Waals surface area contributed by atoms with Crippen LogP contribution in [0.1, 0.15) is 39.3 Å². The van der Waals surface area contributed by atoms with Gasteiger partial charge in [-0.05, 0) is 31.5 Å². The molecule has 98 valence electrons. The van der Waals surface area contributed by atoms with Gasteiger partial charge in [-0.1, -0.05) is 35.8 Å². The summed E-state index contributed by atoms with van der Waals surface area (Å²) in [6, 6.07) is 7.40. The molecule has 2 rings (SSSR count). The van der Waals surface area contributed by atoms with Gasteiger partial charge in [-0.2, -0.15) is 0 Å². The SMILES string of the molecule is CC(C)NCc1cn(C(C)C)c2cccc(Br)c12. The van der Waals surface area contributed by atoms with Crippen molar-refractivity contribution in [3.63, 3.8) is 0 Å². The fourth-order valence-corrected chi connectivity index (χ4v) is 2.83. The summed E-state index contributed by atoms with van der Waals surface area (Å²) >= 11 is 3.68. The van der Waals surface area contributed by atoms with Crippen molar-refractivity contribution in [3.05, 3.63) is 34.4 Å². The van der Waals surface area contributed by atoms with Gasteiger partial charge < -0.3 is 9.88 Å². The third kappa shape index (κ3) is 2.62. The zero-order valence-corrected chi connectivity index (χ0v) is 13.1. The zero-order chi connectivity index (χ0) is 13.3. The van der Waals surface area contributed by atoms with Crippen LogP contribution in [-0.4, -0.2) is 10.6 Å². The second kappa shape index (κ2) is 5.45. The molecule has 0 saturated heterocycles. The fourth-order valence-electron chi connectivity index (χ4n) is 2.22. The Morgan fingerprint density at radius 3 is 2.56 bits per heavy atom. The summed E-state index contributed by atoms with van der Waals surface area (Å²) in [7, 11) is 0. The standard InChI is InChI=1S/C15H21BrN2/c1-10(2)17-8-12-9-18(11(3)4)14-7-5-6-13(16)15(12)14/h5-7,9-11,17H,8H2,1-4H3. The molecule has 2 nitrogen and oxygen atoms in total. The Morgan fingerprint density at radius 2 is 1.94 bits per heavy atom. The Morgan fingerprint density at radius 1 is 1.22 bits per heavy atom. The first-order valence-corrected chi connectivity index (χ1v) is 7.31. The highest BCUT2D eigenvalue weighted by Crippen LogP contribution is 2.31. The average molecular weight is 309 g/mol. The van der Waals surface area contributed by atoms with Crippen LogP contribution in [0.25, 0.3) is 10.9 Å². The first-order valence-electron chi connectivity index (χ1n) is 6.52. The first-order chi connectivity index (χ1) is 8.50. The van der Waals surface area contributed by atoms with Gasteiger partial charge in [0.1, 0.15) is 0 Å². The van der Waals surface area contributed by atoms with Crippen LogP contribution in [0.15, 0.2) is 28.9 Å². The lowest BCUT2D eigenvalue weighted by molar-refractivity contribution is 0.583. The molecule has 0 amide bonds. The molecule has 1 N–H and O–H groups in total. The van der Waals surface area contributed by atoms with E-state index in [1.165, 1.54) is 20.9 Å². The second-order valence-electron chi connectivity index (χ2n) is 5.32. The third-order valence-electron chi connectivity index (χ3n) is 3.14. The number of aromatic nitrogens is 1. The molecule has 1 aromatic heterocycles. The Labute approximate surface area is 118 Å². The van der Waals surface area contributed by atoms with Gasteiger partial charge in [-0.25, -0.2) is 0 Å². The smallest absolute Gasteiger partial charge is 0.0497 e. The molecule has 2 aromatic rings. The maximum atomic E-state index is 3.68. The van der Waals surface area contributed by atoms with Crippen molar-refractivity contribution < 1.29 is 0 Å². The van der Waals surface area contributed by atoms with Crippen molar-refractivity contribution in [3.8, 4) is 0 Å². The molecule has 18 heavy (non-hydrogen) atoms. The highest BCUT2D eigenvalue weighted by Gasteiger charge is 2.12. The number of halogens is 1. The van der Waals surface area contributed by atoms with Gasteiger partial charge in [0.2, 0.25) is 0 Å². The molecular weight excluding hydrogens is 288 g/mol. The second-order valence-corrected chi connectivity index (χ2v) is 6.18. The highest BCUT2D eigenvalue weighted by atomic mass is 79.9. The molecule has 0 radical (unpaired) electrons. The van der Waals surface area contributed by atoms with Crippen LogP contribution in [0.4, 0.5) is 0 Å². The number of fused-ring (bicyclic) bond motifs is 1. The van der Waals surface area contributed by atoms with Gasteiger partial charge in [0.15, 0.2) is 0 Å². The lowest BCUT2D eigenvalue weighted by atomic mass is 10.1. The normalized spacial score (nSPS) is 11.9. The maximum absolute atomic E-state index is 3.68. The number of nitrogens with zero attached hydrogens (tertiary/aromatic N) is 1. The lowest BCUT2D eigenvalue weighted by Crippen LogP contribution is -2.21. The molecule has 0 atom stereocenters.